The van der Waals surface area contributed by atoms with Gasteiger partial charge in [0.1, 0.15) is 5.75 Å². The second-order valence-corrected chi connectivity index (χ2v) is 8.67. The van der Waals surface area contributed by atoms with E-state index in [0.29, 0.717) is 17.0 Å². The van der Waals surface area contributed by atoms with Crippen molar-refractivity contribution in [1.82, 2.24) is 10.7 Å². The van der Waals surface area contributed by atoms with E-state index < -0.39 is 11.8 Å². The Morgan fingerprint density at radius 3 is 2.26 bits per heavy atom. The van der Waals surface area contributed by atoms with Gasteiger partial charge in [0, 0.05) is 22.3 Å². The molecule has 0 saturated heterocycles. The van der Waals surface area contributed by atoms with Crippen molar-refractivity contribution in [3.8, 4) is 5.75 Å². The summed E-state index contributed by atoms with van der Waals surface area (Å²) in [4.78, 5) is 36.3. The van der Waals surface area contributed by atoms with Crippen molar-refractivity contribution in [2.75, 3.05) is 11.9 Å². The minimum Gasteiger partial charge on any atom is -0.483 e. The number of benzene rings is 3. The summed E-state index contributed by atoms with van der Waals surface area (Å²) in [7, 11) is 0. The lowest BCUT2D eigenvalue weighted by Crippen LogP contribution is -2.37. The molecule has 0 aliphatic rings. The molecular weight excluding hydrogens is 512 g/mol. The third kappa shape index (κ3) is 8.38. The second kappa shape index (κ2) is 12.5. The molecule has 0 bridgehead atoms. The van der Waals surface area contributed by atoms with Gasteiger partial charge in [-0.2, -0.15) is 5.10 Å². The summed E-state index contributed by atoms with van der Waals surface area (Å²) in [6, 6.07) is 20.2. The molecule has 0 aliphatic carbocycles. The second-order valence-electron chi connectivity index (χ2n) is 7.75. The number of hydrazone groups is 1. The summed E-state index contributed by atoms with van der Waals surface area (Å²) in [6.07, 6.45) is 1.34. The van der Waals surface area contributed by atoms with Gasteiger partial charge in [-0.25, -0.2) is 5.43 Å². The Bertz CT molecular complexity index is 1230. The zero-order chi connectivity index (χ0) is 25.2. The van der Waals surface area contributed by atoms with Gasteiger partial charge in [-0.05, 0) is 49.7 Å². The fourth-order valence-corrected chi connectivity index (χ4v) is 3.29. The molecule has 3 N–H and O–H groups in total. The molecule has 0 unspecified atom stereocenters. The molecule has 0 aliphatic heterocycles. The summed E-state index contributed by atoms with van der Waals surface area (Å²) in [6.45, 7) is 3.94. The number of nitrogens with zero attached hydrogens (tertiary/aromatic N) is 1. The van der Waals surface area contributed by atoms with Crippen LogP contribution >= 0.6 is 15.9 Å². The number of hydrogen-bond donors (Lipinski definition) is 3. The molecule has 180 valence electrons. The molecular formula is C26H25BrN4O4. The SMILES string of the molecule is Cc1ccc(CNC(=O)C(=O)N/N=C\c2cc(Br)ccc2OCC(=O)Nc2ccc(C)cc2)cc1. The van der Waals surface area contributed by atoms with Gasteiger partial charge in [0.25, 0.3) is 5.91 Å². The molecule has 8 nitrogen and oxygen atoms in total. The third-order valence-corrected chi connectivity index (χ3v) is 5.31. The molecule has 0 fully saturated rings. The van der Waals surface area contributed by atoms with E-state index in [1.54, 1.807) is 18.2 Å². The van der Waals surface area contributed by atoms with Crippen molar-refractivity contribution < 1.29 is 19.1 Å². The van der Waals surface area contributed by atoms with Gasteiger partial charge in [-0.3, -0.25) is 14.4 Å². The predicted molar refractivity (Wildman–Crippen MR) is 138 cm³/mol. The maximum atomic E-state index is 12.2. The van der Waals surface area contributed by atoms with Crippen LogP contribution in [0.4, 0.5) is 5.69 Å². The standard InChI is InChI=1S/C26H25BrN4O4/c1-17-3-7-19(8-4-17)14-28-25(33)26(34)31-29-15-20-13-21(27)9-12-23(20)35-16-24(32)30-22-10-5-18(2)6-11-22/h3-13,15H,14,16H2,1-2H3,(H,28,33)(H,30,32)(H,31,34)/b29-15-. The van der Waals surface area contributed by atoms with Gasteiger partial charge in [-0.1, -0.05) is 63.5 Å². The van der Waals surface area contributed by atoms with E-state index >= 15 is 0 Å². The Balaban J connectivity index is 1.52. The number of ether oxygens (including phenoxy) is 1. The van der Waals surface area contributed by atoms with Gasteiger partial charge < -0.3 is 15.4 Å². The maximum Gasteiger partial charge on any atom is 0.329 e. The highest BCUT2D eigenvalue weighted by atomic mass is 79.9. The van der Waals surface area contributed by atoms with Crippen LogP contribution in [-0.4, -0.2) is 30.5 Å². The number of carbonyl (C=O) groups is 3. The van der Waals surface area contributed by atoms with Crippen LogP contribution in [0.5, 0.6) is 5.75 Å². The summed E-state index contributed by atoms with van der Waals surface area (Å²) < 4.78 is 6.38. The molecule has 0 atom stereocenters. The highest BCUT2D eigenvalue weighted by Crippen LogP contribution is 2.22. The Morgan fingerprint density at radius 2 is 1.57 bits per heavy atom. The molecule has 35 heavy (non-hydrogen) atoms. The Labute approximate surface area is 211 Å². The van der Waals surface area contributed by atoms with Gasteiger partial charge >= 0.3 is 11.8 Å². The Hall–Kier alpha value is -3.98. The van der Waals surface area contributed by atoms with E-state index in [1.165, 1.54) is 6.21 Å². The van der Waals surface area contributed by atoms with E-state index in [4.69, 9.17) is 4.74 Å². The Morgan fingerprint density at radius 1 is 0.914 bits per heavy atom. The molecule has 3 rings (SSSR count). The summed E-state index contributed by atoms with van der Waals surface area (Å²) in [5.74, 6) is -1.64. The summed E-state index contributed by atoms with van der Waals surface area (Å²) >= 11 is 3.37. The molecule has 0 saturated carbocycles. The smallest absolute Gasteiger partial charge is 0.329 e. The zero-order valence-corrected chi connectivity index (χ0v) is 20.9. The number of nitrogens with one attached hydrogen (secondary N) is 3. The number of rotatable bonds is 8. The summed E-state index contributed by atoms with van der Waals surface area (Å²) in [5, 5.41) is 9.15. The van der Waals surface area contributed by atoms with E-state index in [-0.39, 0.29) is 19.1 Å². The van der Waals surface area contributed by atoms with E-state index in [1.807, 2.05) is 62.4 Å². The zero-order valence-electron chi connectivity index (χ0n) is 19.3. The molecule has 0 heterocycles. The molecule has 0 aromatic heterocycles. The largest absolute Gasteiger partial charge is 0.483 e. The minimum atomic E-state index is -0.900. The van der Waals surface area contributed by atoms with Crippen molar-refractivity contribution in [2.45, 2.75) is 20.4 Å². The van der Waals surface area contributed by atoms with Crippen LogP contribution < -0.4 is 20.8 Å². The van der Waals surface area contributed by atoms with Crippen LogP contribution in [0.2, 0.25) is 0 Å². The lowest BCUT2D eigenvalue weighted by Gasteiger charge is -2.10. The number of halogens is 1. The first-order valence-electron chi connectivity index (χ1n) is 10.8. The van der Waals surface area contributed by atoms with Gasteiger partial charge in [0.15, 0.2) is 6.61 Å². The van der Waals surface area contributed by atoms with Crippen molar-refractivity contribution in [2.24, 2.45) is 5.10 Å². The third-order valence-electron chi connectivity index (χ3n) is 4.82. The topological polar surface area (TPSA) is 109 Å². The van der Waals surface area contributed by atoms with Crippen molar-refractivity contribution in [1.29, 1.82) is 0 Å². The quantitative estimate of drug-likeness (QED) is 0.231. The van der Waals surface area contributed by atoms with E-state index in [9.17, 15) is 14.4 Å². The highest BCUT2D eigenvalue weighted by molar-refractivity contribution is 9.10. The molecule has 3 aromatic rings. The van der Waals surface area contributed by atoms with Crippen LogP contribution in [0.1, 0.15) is 22.3 Å². The minimum absolute atomic E-state index is 0.218. The van der Waals surface area contributed by atoms with Crippen LogP contribution in [-0.2, 0) is 20.9 Å². The van der Waals surface area contributed by atoms with Crippen LogP contribution in [0.15, 0.2) is 76.3 Å². The predicted octanol–water partition coefficient (Wildman–Crippen LogP) is 3.85. The molecule has 0 spiro atoms. The highest BCUT2D eigenvalue weighted by Gasteiger charge is 2.12. The number of anilines is 1. The van der Waals surface area contributed by atoms with Crippen LogP contribution in [0.3, 0.4) is 0 Å². The average Bonchev–Trinajstić information content (AvgIpc) is 2.84. The monoisotopic (exact) mass is 536 g/mol. The fraction of sp³-hybridized carbons (Fsp3) is 0.154. The number of hydrogen-bond acceptors (Lipinski definition) is 5. The fourth-order valence-electron chi connectivity index (χ4n) is 2.91. The maximum absolute atomic E-state index is 12.2. The first kappa shape index (κ1) is 25.6. The summed E-state index contributed by atoms with van der Waals surface area (Å²) in [5.41, 5.74) is 6.44. The van der Waals surface area contributed by atoms with Crippen LogP contribution in [0.25, 0.3) is 0 Å². The molecule has 9 heteroatoms. The first-order chi connectivity index (χ1) is 16.8. The van der Waals surface area contributed by atoms with Gasteiger partial charge in [0.2, 0.25) is 0 Å². The van der Waals surface area contributed by atoms with Gasteiger partial charge in [-0.15, -0.1) is 0 Å². The Kier molecular flexibility index (Phi) is 9.14. The lowest BCUT2D eigenvalue weighted by molar-refractivity contribution is -0.139. The molecule has 3 amide bonds. The van der Waals surface area contributed by atoms with Crippen LogP contribution in [0, 0.1) is 13.8 Å². The van der Waals surface area contributed by atoms with Crippen molar-refractivity contribution in [3.05, 3.63) is 93.5 Å². The lowest BCUT2D eigenvalue weighted by atomic mass is 10.1. The molecule has 3 aromatic carbocycles. The number of carbonyl (C=O) groups excluding carboxylic acids is 3. The average molecular weight is 537 g/mol. The normalized spacial score (nSPS) is 10.6. The number of amides is 3. The van der Waals surface area contributed by atoms with E-state index in [2.05, 4.69) is 37.1 Å². The van der Waals surface area contributed by atoms with Crippen molar-refractivity contribution in [3.63, 3.8) is 0 Å². The van der Waals surface area contributed by atoms with Crippen molar-refractivity contribution >= 4 is 45.6 Å². The van der Waals surface area contributed by atoms with Gasteiger partial charge in [0.05, 0.1) is 6.21 Å². The van der Waals surface area contributed by atoms with E-state index in [0.717, 1.165) is 21.2 Å². The number of aryl methyl sites for hydroxylation is 2. The molecule has 0 radical (unpaired) electrons. The first-order valence-corrected chi connectivity index (χ1v) is 11.5.